The standard InChI is InChI=1S/2C18H18N.Fe/c2*1-11-12(2)14(4)17(13(11)3)16-9-5-7-15-8-6-10-19-18(15)16;/h2*5-10H,1-4H3;/q;;+2. The molecular formula is C36H36FeN2+2. The fourth-order valence-corrected chi connectivity index (χ4v) is 5.86. The molecular weight excluding hydrogens is 516 g/mol. The van der Waals surface area contributed by atoms with Crippen LogP contribution in [0.5, 0.6) is 0 Å². The number of aromatic nitrogens is 2. The van der Waals surface area contributed by atoms with Gasteiger partial charge in [0, 0.05) is 35.0 Å². The minimum Gasteiger partial charge on any atom is -0.256 e. The molecule has 0 unspecified atom stereocenters. The molecule has 2 aromatic heterocycles. The van der Waals surface area contributed by atoms with Crippen molar-refractivity contribution in [1.29, 1.82) is 0 Å². The van der Waals surface area contributed by atoms with Gasteiger partial charge in [-0.25, -0.2) is 0 Å². The van der Waals surface area contributed by atoms with Crippen molar-refractivity contribution in [1.82, 2.24) is 9.97 Å². The third-order valence-corrected chi connectivity index (χ3v) is 8.68. The number of hydrogen-bond acceptors (Lipinski definition) is 2. The van der Waals surface area contributed by atoms with Gasteiger partial charge in [0.25, 0.3) is 0 Å². The van der Waals surface area contributed by atoms with E-state index in [2.05, 4.69) is 114 Å². The van der Waals surface area contributed by atoms with Crippen LogP contribution in [0.15, 0.2) is 73.1 Å². The van der Waals surface area contributed by atoms with E-state index < -0.39 is 0 Å². The molecule has 2 aliphatic rings. The molecule has 0 bridgehead atoms. The molecule has 2 fully saturated rings. The third-order valence-electron chi connectivity index (χ3n) is 8.68. The monoisotopic (exact) mass is 552 g/mol. The van der Waals surface area contributed by atoms with Crippen molar-refractivity contribution in [2.45, 2.75) is 55.4 Å². The van der Waals surface area contributed by atoms with E-state index in [1.54, 1.807) is 0 Å². The zero-order chi connectivity index (χ0) is 27.1. The van der Waals surface area contributed by atoms with Crippen molar-refractivity contribution >= 4 is 21.8 Å². The third kappa shape index (κ3) is 5.30. The minimum absolute atomic E-state index is 0. The van der Waals surface area contributed by atoms with E-state index in [4.69, 9.17) is 0 Å². The maximum Gasteiger partial charge on any atom is 2.00 e. The van der Waals surface area contributed by atoms with E-state index in [0.29, 0.717) is 0 Å². The Morgan fingerprint density at radius 3 is 1.03 bits per heavy atom. The molecule has 2 aromatic carbocycles. The van der Waals surface area contributed by atoms with Gasteiger partial charge in [-0.1, -0.05) is 104 Å². The molecule has 196 valence electrons. The molecule has 0 aliphatic heterocycles. The van der Waals surface area contributed by atoms with E-state index >= 15 is 0 Å². The van der Waals surface area contributed by atoms with Gasteiger partial charge >= 0.3 is 17.1 Å². The van der Waals surface area contributed by atoms with Crippen LogP contribution in [0.25, 0.3) is 21.8 Å². The molecule has 2 saturated carbocycles. The first kappa shape index (κ1) is 29.8. The molecule has 6 rings (SSSR count). The summed E-state index contributed by atoms with van der Waals surface area (Å²) in [5.74, 6) is 13.9. The van der Waals surface area contributed by atoms with Crippen LogP contribution < -0.4 is 0 Å². The van der Waals surface area contributed by atoms with Gasteiger partial charge in [0.1, 0.15) is 0 Å². The van der Waals surface area contributed by atoms with Gasteiger partial charge in [-0.05, 0) is 70.6 Å². The van der Waals surface area contributed by atoms with E-state index in [1.807, 2.05) is 24.5 Å². The predicted molar refractivity (Wildman–Crippen MR) is 160 cm³/mol. The number of fused-ring (bicyclic) bond motifs is 2. The van der Waals surface area contributed by atoms with E-state index in [9.17, 15) is 0 Å². The maximum atomic E-state index is 4.58. The van der Waals surface area contributed by atoms with Crippen molar-refractivity contribution in [2.75, 3.05) is 0 Å². The van der Waals surface area contributed by atoms with Crippen LogP contribution in [-0.2, 0) is 17.1 Å². The zero-order valence-corrected chi connectivity index (χ0v) is 25.3. The normalized spacial score (nSPS) is 20.1. The second-order valence-corrected chi connectivity index (χ2v) is 10.5. The van der Waals surface area contributed by atoms with E-state index in [-0.39, 0.29) is 17.1 Å². The predicted octanol–water partition coefficient (Wildman–Crippen LogP) is 9.09. The second-order valence-electron chi connectivity index (χ2n) is 10.5. The molecule has 0 saturated heterocycles. The average Bonchev–Trinajstić information content (AvgIpc) is 3.26. The Morgan fingerprint density at radius 2 is 0.692 bits per heavy atom. The smallest absolute Gasteiger partial charge is 0.256 e. The molecule has 2 aliphatic carbocycles. The van der Waals surface area contributed by atoms with Gasteiger partial charge < -0.3 is 0 Å². The van der Waals surface area contributed by atoms with Crippen molar-refractivity contribution in [2.24, 2.45) is 0 Å². The quantitative estimate of drug-likeness (QED) is 0.232. The van der Waals surface area contributed by atoms with Gasteiger partial charge in [0.05, 0.1) is 11.0 Å². The number of pyridine rings is 2. The Balaban J connectivity index is 0.000000176. The summed E-state index contributed by atoms with van der Waals surface area (Å²) in [6.07, 6.45) is 3.75. The molecule has 39 heavy (non-hydrogen) atoms. The Hall–Kier alpha value is -2.22. The number of para-hydroxylation sites is 2. The molecule has 0 atom stereocenters. The molecule has 3 heteroatoms. The fraction of sp³-hybridized carbons (Fsp3) is 0.222. The summed E-state index contributed by atoms with van der Waals surface area (Å²) in [5.41, 5.74) is 4.70. The Morgan fingerprint density at radius 1 is 0.385 bits per heavy atom. The van der Waals surface area contributed by atoms with Crippen molar-refractivity contribution in [3.8, 4) is 0 Å². The molecule has 0 N–H and O–H groups in total. The van der Waals surface area contributed by atoms with Crippen molar-refractivity contribution < 1.29 is 17.1 Å². The summed E-state index contributed by atoms with van der Waals surface area (Å²) in [6.45, 7) is 17.7. The molecule has 10 radical (unpaired) electrons. The van der Waals surface area contributed by atoms with Gasteiger partial charge in [-0.2, -0.15) is 0 Å². The molecule has 4 aromatic rings. The Bertz CT molecular complexity index is 1250. The molecule has 2 nitrogen and oxygen atoms in total. The second kappa shape index (κ2) is 12.1. The Kier molecular flexibility index (Phi) is 9.24. The van der Waals surface area contributed by atoms with Crippen LogP contribution in [0.1, 0.15) is 66.5 Å². The van der Waals surface area contributed by atoms with Crippen molar-refractivity contribution in [3.63, 3.8) is 0 Å². The van der Waals surface area contributed by atoms with Gasteiger partial charge in [0.2, 0.25) is 0 Å². The van der Waals surface area contributed by atoms with E-state index in [1.165, 1.54) is 81.1 Å². The number of benzene rings is 2. The summed E-state index contributed by atoms with van der Waals surface area (Å²) in [4.78, 5) is 9.16. The summed E-state index contributed by atoms with van der Waals surface area (Å²) in [5, 5.41) is 2.41. The van der Waals surface area contributed by atoms with Gasteiger partial charge in [-0.3, -0.25) is 9.97 Å². The number of rotatable bonds is 2. The van der Waals surface area contributed by atoms with Crippen LogP contribution in [0.4, 0.5) is 0 Å². The van der Waals surface area contributed by atoms with Gasteiger partial charge in [-0.15, -0.1) is 0 Å². The van der Waals surface area contributed by atoms with Gasteiger partial charge in [0.15, 0.2) is 0 Å². The largest absolute Gasteiger partial charge is 2.00 e. The fourth-order valence-electron chi connectivity index (χ4n) is 5.86. The van der Waals surface area contributed by atoms with Crippen molar-refractivity contribution in [3.05, 3.63) is 143 Å². The van der Waals surface area contributed by atoms with Crippen LogP contribution in [-0.4, -0.2) is 9.97 Å². The SMILES string of the molecule is C[C]1[C](C)[C](C)[C](c2cccc3cccnc23)[C]1C.C[C]1[C](C)[C](C)[C](c2cccc3cccnc23)[C]1C.[Fe+2]. The summed E-state index contributed by atoms with van der Waals surface area (Å²) >= 11 is 0. The molecule has 0 spiro atoms. The minimum atomic E-state index is 0. The van der Waals surface area contributed by atoms with Crippen LogP contribution >= 0.6 is 0 Å². The number of hydrogen-bond donors (Lipinski definition) is 0. The maximum absolute atomic E-state index is 4.58. The zero-order valence-electron chi connectivity index (χ0n) is 24.2. The summed E-state index contributed by atoms with van der Waals surface area (Å²) in [7, 11) is 0. The first-order valence-electron chi connectivity index (χ1n) is 13.4. The average molecular weight is 553 g/mol. The van der Waals surface area contributed by atoms with Crippen LogP contribution in [0.2, 0.25) is 0 Å². The topological polar surface area (TPSA) is 25.8 Å². The molecule has 0 amide bonds. The Labute approximate surface area is 246 Å². The number of nitrogens with zero attached hydrogens (tertiary/aromatic N) is 2. The first-order valence-corrected chi connectivity index (χ1v) is 13.4. The van der Waals surface area contributed by atoms with E-state index in [0.717, 1.165) is 11.0 Å². The first-order chi connectivity index (χ1) is 18.2. The van der Waals surface area contributed by atoms with Crippen LogP contribution in [0.3, 0.4) is 0 Å². The summed E-state index contributed by atoms with van der Waals surface area (Å²) < 4.78 is 0. The summed E-state index contributed by atoms with van der Waals surface area (Å²) in [6, 6.07) is 21.1. The molecule has 2 heterocycles. The van der Waals surface area contributed by atoms with Crippen LogP contribution in [0, 0.1) is 59.2 Å².